The van der Waals surface area contributed by atoms with Crippen LogP contribution in [0.3, 0.4) is 0 Å². The molecule has 3 rings (SSSR count). The molecule has 104 valence electrons. The number of carbonyl (C=O) groups is 1. The van der Waals surface area contributed by atoms with Gasteiger partial charge in [0.15, 0.2) is 0 Å². The average molecular weight is 294 g/mol. The van der Waals surface area contributed by atoms with Gasteiger partial charge in [-0.3, -0.25) is 4.79 Å². The van der Waals surface area contributed by atoms with Gasteiger partial charge < -0.3 is 5.32 Å². The SMILES string of the molecule is CSc1ncccc1C(=O)Nc1ccc2ccccc2c1. The molecule has 1 aromatic heterocycles. The van der Waals surface area contributed by atoms with Crippen molar-refractivity contribution in [1.29, 1.82) is 0 Å². The van der Waals surface area contributed by atoms with Crippen LogP contribution in [0.15, 0.2) is 65.8 Å². The lowest BCUT2D eigenvalue weighted by Gasteiger charge is -2.08. The highest BCUT2D eigenvalue weighted by Crippen LogP contribution is 2.21. The molecule has 0 saturated heterocycles. The first-order chi connectivity index (χ1) is 10.3. The minimum atomic E-state index is -0.136. The number of carbonyl (C=O) groups excluding carboxylic acids is 1. The van der Waals surface area contributed by atoms with E-state index < -0.39 is 0 Å². The average Bonchev–Trinajstić information content (AvgIpc) is 2.54. The first-order valence-corrected chi connectivity index (χ1v) is 7.79. The van der Waals surface area contributed by atoms with Gasteiger partial charge in [-0.15, -0.1) is 11.8 Å². The van der Waals surface area contributed by atoms with Crippen LogP contribution >= 0.6 is 11.8 Å². The van der Waals surface area contributed by atoms with Crippen LogP contribution in [0.25, 0.3) is 10.8 Å². The Morgan fingerprint density at radius 2 is 1.86 bits per heavy atom. The van der Waals surface area contributed by atoms with Gasteiger partial charge in [-0.05, 0) is 41.3 Å². The standard InChI is InChI=1S/C17H14N2OS/c1-21-17-15(7-4-10-18-17)16(20)19-14-9-8-12-5-2-3-6-13(12)11-14/h2-11H,1H3,(H,19,20). The van der Waals surface area contributed by atoms with Crippen molar-refractivity contribution >= 4 is 34.1 Å². The van der Waals surface area contributed by atoms with Crippen LogP contribution in [-0.2, 0) is 0 Å². The number of pyridine rings is 1. The summed E-state index contributed by atoms with van der Waals surface area (Å²) < 4.78 is 0. The van der Waals surface area contributed by atoms with Gasteiger partial charge in [-0.2, -0.15) is 0 Å². The molecule has 3 aromatic rings. The molecule has 2 aromatic carbocycles. The number of aromatic nitrogens is 1. The van der Waals surface area contributed by atoms with Crippen LogP contribution in [0.2, 0.25) is 0 Å². The summed E-state index contributed by atoms with van der Waals surface area (Å²) in [5.74, 6) is -0.136. The molecule has 1 amide bonds. The second-order valence-electron chi connectivity index (χ2n) is 4.58. The second-order valence-corrected chi connectivity index (χ2v) is 5.37. The first kappa shape index (κ1) is 13.6. The third-order valence-corrected chi connectivity index (χ3v) is 3.93. The van der Waals surface area contributed by atoms with Crippen LogP contribution in [-0.4, -0.2) is 17.1 Å². The summed E-state index contributed by atoms with van der Waals surface area (Å²) in [6, 6.07) is 17.5. The van der Waals surface area contributed by atoms with E-state index in [0.29, 0.717) is 5.56 Å². The molecule has 0 saturated carbocycles. The maximum absolute atomic E-state index is 12.4. The van der Waals surface area contributed by atoms with Crippen molar-refractivity contribution in [1.82, 2.24) is 4.98 Å². The highest BCUT2D eigenvalue weighted by molar-refractivity contribution is 7.98. The van der Waals surface area contributed by atoms with Crippen LogP contribution in [0.4, 0.5) is 5.69 Å². The van der Waals surface area contributed by atoms with Crippen molar-refractivity contribution in [3.05, 3.63) is 66.4 Å². The molecule has 0 aliphatic rings. The molecule has 4 heteroatoms. The van der Waals surface area contributed by atoms with E-state index in [0.717, 1.165) is 21.5 Å². The van der Waals surface area contributed by atoms with E-state index in [4.69, 9.17) is 0 Å². The number of nitrogens with zero attached hydrogens (tertiary/aromatic N) is 1. The third kappa shape index (κ3) is 2.90. The normalized spacial score (nSPS) is 10.5. The number of hydrogen-bond acceptors (Lipinski definition) is 3. The maximum atomic E-state index is 12.4. The zero-order valence-corrected chi connectivity index (χ0v) is 12.4. The van der Waals surface area contributed by atoms with Gasteiger partial charge in [0.2, 0.25) is 0 Å². The van der Waals surface area contributed by atoms with Gasteiger partial charge in [-0.25, -0.2) is 4.98 Å². The summed E-state index contributed by atoms with van der Waals surface area (Å²) in [5.41, 5.74) is 1.38. The quantitative estimate of drug-likeness (QED) is 0.736. The highest BCUT2D eigenvalue weighted by atomic mass is 32.2. The first-order valence-electron chi connectivity index (χ1n) is 6.57. The molecule has 0 fully saturated rings. The Balaban J connectivity index is 1.89. The summed E-state index contributed by atoms with van der Waals surface area (Å²) in [6.07, 6.45) is 3.60. The Bertz CT molecular complexity index is 801. The van der Waals surface area contributed by atoms with Gasteiger partial charge in [0, 0.05) is 11.9 Å². The fraction of sp³-hybridized carbons (Fsp3) is 0.0588. The van der Waals surface area contributed by atoms with Crippen molar-refractivity contribution in [3.63, 3.8) is 0 Å². The number of amides is 1. The number of rotatable bonds is 3. The summed E-state index contributed by atoms with van der Waals surface area (Å²) in [4.78, 5) is 16.6. The molecule has 0 spiro atoms. The van der Waals surface area contributed by atoms with E-state index in [1.807, 2.05) is 48.7 Å². The lowest BCUT2D eigenvalue weighted by molar-refractivity contribution is 0.102. The number of hydrogen-bond donors (Lipinski definition) is 1. The fourth-order valence-electron chi connectivity index (χ4n) is 2.19. The van der Waals surface area contributed by atoms with E-state index in [9.17, 15) is 4.79 Å². The van der Waals surface area contributed by atoms with E-state index in [1.165, 1.54) is 11.8 Å². The van der Waals surface area contributed by atoms with Gasteiger partial charge in [-0.1, -0.05) is 30.3 Å². The lowest BCUT2D eigenvalue weighted by Crippen LogP contribution is -2.13. The van der Waals surface area contributed by atoms with E-state index in [1.54, 1.807) is 18.3 Å². The molecule has 1 N–H and O–H groups in total. The molecule has 3 nitrogen and oxygen atoms in total. The summed E-state index contributed by atoms with van der Waals surface area (Å²) in [6.45, 7) is 0. The van der Waals surface area contributed by atoms with Crippen molar-refractivity contribution < 1.29 is 4.79 Å². The minimum absolute atomic E-state index is 0.136. The second kappa shape index (κ2) is 5.97. The van der Waals surface area contributed by atoms with Crippen molar-refractivity contribution in [3.8, 4) is 0 Å². The summed E-state index contributed by atoms with van der Waals surface area (Å²) >= 11 is 1.46. The molecule has 0 atom stereocenters. The smallest absolute Gasteiger partial charge is 0.258 e. The number of benzene rings is 2. The van der Waals surface area contributed by atoms with Crippen LogP contribution in [0.5, 0.6) is 0 Å². The van der Waals surface area contributed by atoms with Crippen LogP contribution in [0.1, 0.15) is 10.4 Å². The lowest BCUT2D eigenvalue weighted by atomic mass is 10.1. The van der Waals surface area contributed by atoms with Gasteiger partial charge in [0.05, 0.1) is 5.56 Å². The van der Waals surface area contributed by atoms with Gasteiger partial charge in [0.1, 0.15) is 5.03 Å². The van der Waals surface area contributed by atoms with Crippen LogP contribution < -0.4 is 5.32 Å². The topological polar surface area (TPSA) is 42.0 Å². The minimum Gasteiger partial charge on any atom is -0.322 e. The Morgan fingerprint density at radius 3 is 2.67 bits per heavy atom. The largest absolute Gasteiger partial charge is 0.322 e. The Hall–Kier alpha value is -2.33. The number of thioether (sulfide) groups is 1. The van der Waals surface area contributed by atoms with Crippen molar-refractivity contribution in [2.24, 2.45) is 0 Å². The van der Waals surface area contributed by atoms with Gasteiger partial charge >= 0.3 is 0 Å². The van der Waals surface area contributed by atoms with E-state index in [2.05, 4.69) is 10.3 Å². The molecule has 0 aliphatic heterocycles. The maximum Gasteiger partial charge on any atom is 0.258 e. The van der Waals surface area contributed by atoms with E-state index in [-0.39, 0.29) is 5.91 Å². The van der Waals surface area contributed by atoms with Crippen molar-refractivity contribution in [2.45, 2.75) is 5.03 Å². The summed E-state index contributed by atoms with van der Waals surface area (Å²) in [7, 11) is 0. The molecule has 0 unspecified atom stereocenters. The van der Waals surface area contributed by atoms with Crippen LogP contribution in [0, 0.1) is 0 Å². The monoisotopic (exact) mass is 294 g/mol. The Morgan fingerprint density at radius 1 is 1.05 bits per heavy atom. The van der Waals surface area contributed by atoms with Crippen molar-refractivity contribution in [2.75, 3.05) is 11.6 Å². The zero-order valence-electron chi connectivity index (χ0n) is 11.5. The summed E-state index contributed by atoms with van der Waals surface area (Å²) in [5, 5.41) is 5.92. The molecule has 0 bridgehead atoms. The molecule has 0 radical (unpaired) electrons. The zero-order chi connectivity index (χ0) is 14.7. The van der Waals surface area contributed by atoms with Gasteiger partial charge in [0.25, 0.3) is 5.91 Å². The molecule has 0 aliphatic carbocycles. The molecule has 1 heterocycles. The predicted molar refractivity (Wildman–Crippen MR) is 87.9 cm³/mol. The highest BCUT2D eigenvalue weighted by Gasteiger charge is 2.11. The fourth-order valence-corrected chi connectivity index (χ4v) is 2.74. The predicted octanol–water partition coefficient (Wildman–Crippen LogP) is 4.21. The third-order valence-electron chi connectivity index (χ3n) is 3.22. The Labute approximate surface area is 127 Å². The van der Waals surface area contributed by atoms with E-state index >= 15 is 0 Å². The molecular formula is C17H14N2OS. The number of anilines is 1. The number of nitrogens with one attached hydrogen (secondary N) is 1. The molecule has 21 heavy (non-hydrogen) atoms. The molecular weight excluding hydrogens is 280 g/mol. The Kier molecular flexibility index (Phi) is 3.88. The number of fused-ring (bicyclic) bond motifs is 1.